The van der Waals surface area contributed by atoms with E-state index in [4.69, 9.17) is 5.11 Å². The second-order valence-electron chi connectivity index (χ2n) is 6.87. The van der Waals surface area contributed by atoms with Gasteiger partial charge in [-0.1, -0.05) is 0 Å². The van der Waals surface area contributed by atoms with Crippen molar-refractivity contribution in [3.05, 3.63) is 0 Å². The zero-order valence-corrected chi connectivity index (χ0v) is 15.5. The molecule has 0 radical (unpaired) electrons. The summed E-state index contributed by atoms with van der Waals surface area (Å²) in [6, 6.07) is 0. The van der Waals surface area contributed by atoms with Crippen LogP contribution in [0.5, 0.6) is 0 Å². The van der Waals surface area contributed by atoms with E-state index in [1.165, 1.54) is 0 Å². The first kappa shape index (κ1) is 26.3. The zero-order chi connectivity index (χ0) is 21.7. The first-order valence-corrected chi connectivity index (χ1v) is 9.59. The van der Waals surface area contributed by atoms with E-state index in [1.807, 2.05) is 4.72 Å². The molecule has 164 valence electrons. The van der Waals surface area contributed by atoms with Gasteiger partial charge in [0.15, 0.2) is 0 Å². The number of sulfonamides is 1. The average Bonchev–Trinajstić information content (AvgIpc) is 2.40. The van der Waals surface area contributed by atoms with Crippen LogP contribution in [0, 0.1) is 5.92 Å². The minimum atomic E-state index is -6.25. The van der Waals surface area contributed by atoms with Gasteiger partial charge < -0.3 is 5.11 Å². The van der Waals surface area contributed by atoms with Gasteiger partial charge in [0.1, 0.15) is 5.67 Å². The van der Waals surface area contributed by atoms with Crippen molar-refractivity contribution in [2.45, 2.75) is 63.2 Å². The van der Waals surface area contributed by atoms with Crippen LogP contribution in [-0.4, -0.2) is 56.1 Å². The van der Waals surface area contributed by atoms with Gasteiger partial charge >= 0.3 is 12.4 Å². The summed E-state index contributed by atoms with van der Waals surface area (Å²) in [5, 5.41) is 8.53. The molecule has 1 unspecified atom stereocenters. The number of halogens is 8. The van der Waals surface area contributed by atoms with Gasteiger partial charge in [0.05, 0.1) is 12.4 Å². The lowest BCUT2D eigenvalue weighted by Crippen LogP contribution is -2.54. The van der Waals surface area contributed by atoms with E-state index in [0.29, 0.717) is 0 Å². The summed E-state index contributed by atoms with van der Waals surface area (Å²) in [6.45, 7) is 1.000. The normalized spacial score (nSPS) is 15.8. The molecule has 0 aliphatic heterocycles. The molecule has 0 aliphatic rings. The van der Waals surface area contributed by atoms with Crippen LogP contribution in [0.15, 0.2) is 0 Å². The van der Waals surface area contributed by atoms with Crippen molar-refractivity contribution in [1.82, 2.24) is 4.72 Å². The third-order valence-electron chi connectivity index (χ3n) is 3.70. The van der Waals surface area contributed by atoms with E-state index in [0.717, 1.165) is 13.8 Å². The van der Waals surface area contributed by atoms with E-state index in [2.05, 4.69) is 0 Å². The van der Waals surface area contributed by atoms with E-state index in [1.54, 1.807) is 0 Å². The molecule has 27 heavy (non-hydrogen) atoms. The monoisotopic (exact) mass is 437 g/mol. The third-order valence-corrected chi connectivity index (χ3v) is 5.17. The second-order valence-corrected chi connectivity index (χ2v) is 8.80. The molecule has 0 rings (SSSR count). The molecule has 0 bridgehead atoms. The van der Waals surface area contributed by atoms with Crippen molar-refractivity contribution in [3.8, 4) is 0 Å². The van der Waals surface area contributed by atoms with Crippen molar-refractivity contribution < 1.29 is 48.6 Å². The third kappa shape index (κ3) is 8.90. The Hall–Kier alpha value is -0.690. The molecule has 0 saturated carbocycles. The number of hydrogen-bond donors (Lipinski definition) is 2. The Labute approximate surface area is 152 Å². The van der Waals surface area contributed by atoms with Crippen molar-refractivity contribution >= 4 is 10.0 Å². The highest BCUT2D eigenvalue weighted by molar-refractivity contribution is 7.89. The summed E-state index contributed by atoms with van der Waals surface area (Å²) in [7, 11) is -3.93. The van der Waals surface area contributed by atoms with Crippen LogP contribution in [0.3, 0.4) is 0 Å². The van der Waals surface area contributed by atoms with E-state index in [-0.39, 0.29) is 6.54 Å². The molecule has 1 atom stereocenters. The SMILES string of the molecule is CC(C)(F)CC(CCCS(=O)(=O)NCCO)CC(F)(C(F)(F)F)C(F)(F)F. The topological polar surface area (TPSA) is 66.4 Å². The lowest BCUT2D eigenvalue weighted by Gasteiger charge is -2.34. The average molecular weight is 437 g/mol. The van der Waals surface area contributed by atoms with Gasteiger partial charge in [0.25, 0.3) is 5.67 Å². The molecule has 0 fully saturated rings. The molecule has 0 saturated heterocycles. The van der Waals surface area contributed by atoms with Crippen LogP contribution in [0.1, 0.15) is 39.5 Å². The van der Waals surface area contributed by atoms with Crippen LogP contribution in [0.4, 0.5) is 35.1 Å². The Morgan fingerprint density at radius 2 is 1.41 bits per heavy atom. The molecule has 0 heterocycles. The summed E-state index contributed by atoms with van der Waals surface area (Å²) < 4.78 is 129. The second kappa shape index (κ2) is 9.21. The Morgan fingerprint density at radius 3 is 1.78 bits per heavy atom. The Balaban J connectivity index is 5.32. The minimum Gasteiger partial charge on any atom is -0.395 e. The molecule has 13 heteroatoms. The number of hydrogen-bond acceptors (Lipinski definition) is 3. The van der Waals surface area contributed by atoms with E-state index < -0.39 is 77.7 Å². The summed E-state index contributed by atoms with van der Waals surface area (Å²) in [4.78, 5) is 0. The quantitative estimate of drug-likeness (QED) is 0.485. The van der Waals surface area contributed by atoms with Crippen molar-refractivity contribution in [3.63, 3.8) is 0 Å². The molecule has 0 aromatic carbocycles. The number of alkyl halides is 8. The highest BCUT2D eigenvalue weighted by atomic mass is 32.2. The number of nitrogens with one attached hydrogen (secondary N) is 1. The smallest absolute Gasteiger partial charge is 0.395 e. The summed E-state index contributed by atoms with van der Waals surface area (Å²) >= 11 is 0. The Kier molecular flexibility index (Phi) is 8.97. The van der Waals surface area contributed by atoms with Crippen molar-refractivity contribution in [2.24, 2.45) is 5.92 Å². The number of aliphatic hydroxyl groups excluding tert-OH is 1. The molecule has 0 aromatic heterocycles. The molecule has 2 N–H and O–H groups in total. The highest BCUT2D eigenvalue weighted by Crippen LogP contribution is 2.51. The first-order chi connectivity index (χ1) is 11.8. The van der Waals surface area contributed by atoms with Gasteiger partial charge in [-0.2, -0.15) is 26.3 Å². The molecular weight excluding hydrogens is 414 g/mol. The summed E-state index contributed by atoms with van der Waals surface area (Å²) in [6.07, 6.45) is -16.3. The molecule has 0 aromatic rings. The van der Waals surface area contributed by atoms with Gasteiger partial charge in [-0.25, -0.2) is 21.9 Å². The highest BCUT2D eigenvalue weighted by Gasteiger charge is 2.72. The van der Waals surface area contributed by atoms with Crippen LogP contribution in [0.2, 0.25) is 0 Å². The van der Waals surface area contributed by atoms with Crippen LogP contribution in [-0.2, 0) is 10.0 Å². The fourth-order valence-corrected chi connectivity index (χ4v) is 3.68. The van der Waals surface area contributed by atoms with E-state index in [9.17, 15) is 43.5 Å². The molecular formula is C14H23F8NO3S. The Bertz CT molecular complexity index is 540. The molecule has 4 nitrogen and oxygen atoms in total. The lowest BCUT2D eigenvalue weighted by atomic mass is 9.82. The Morgan fingerprint density at radius 1 is 0.926 bits per heavy atom. The van der Waals surface area contributed by atoms with Crippen molar-refractivity contribution in [1.29, 1.82) is 0 Å². The van der Waals surface area contributed by atoms with Gasteiger partial charge in [-0.05, 0) is 39.0 Å². The lowest BCUT2D eigenvalue weighted by molar-refractivity contribution is -0.346. The van der Waals surface area contributed by atoms with Gasteiger partial charge in [-0.15, -0.1) is 0 Å². The molecule has 0 spiro atoms. The van der Waals surface area contributed by atoms with Crippen LogP contribution in [0.25, 0.3) is 0 Å². The molecule has 0 amide bonds. The maximum atomic E-state index is 13.9. The van der Waals surface area contributed by atoms with Crippen LogP contribution >= 0.6 is 0 Å². The van der Waals surface area contributed by atoms with Gasteiger partial charge in [-0.3, -0.25) is 0 Å². The fourth-order valence-electron chi connectivity index (χ4n) is 2.59. The summed E-state index contributed by atoms with van der Waals surface area (Å²) in [5.74, 6) is -2.38. The van der Waals surface area contributed by atoms with Gasteiger partial charge in [0, 0.05) is 13.0 Å². The zero-order valence-electron chi connectivity index (χ0n) is 14.7. The predicted molar refractivity (Wildman–Crippen MR) is 82.0 cm³/mol. The van der Waals surface area contributed by atoms with E-state index >= 15 is 0 Å². The number of rotatable bonds is 11. The largest absolute Gasteiger partial charge is 0.431 e. The van der Waals surface area contributed by atoms with Crippen LogP contribution < -0.4 is 4.72 Å². The standard InChI is InChI=1S/C14H23F8NO3S/c1-11(2,15)8-10(4-3-7-27(25,26)23-5-6-24)9-12(16,13(17,18)19)14(20,21)22/h10,23-24H,3-9H2,1-2H3. The molecule has 0 aliphatic carbocycles. The predicted octanol–water partition coefficient (Wildman–Crippen LogP) is 3.66. The number of aliphatic hydroxyl groups is 1. The minimum absolute atomic E-state index is 0.320. The van der Waals surface area contributed by atoms with Crippen molar-refractivity contribution in [2.75, 3.05) is 18.9 Å². The first-order valence-electron chi connectivity index (χ1n) is 7.94. The fraction of sp³-hybridized carbons (Fsp3) is 1.00. The maximum absolute atomic E-state index is 13.9. The summed E-state index contributed by atoms with van der Waals surface area (Å²) in [5.41, 5.74) is -7.71. The van der Waals surface area contributed by atoms with Gasteiger partial charge in [0.2, 0.25) is 10.0 Å². The maximum Gasteiger partial charge on any atom is 0.431 e.